The van der Waals surface area contributed by atoms with E-state index in [1.54, 1.807) is 6.92 Å². The zero-order chi connectivity index (χ0) is 14.1. The number of aliphatic carboxylic acids is 1. The van der Waals surface area contributed by atoms with Gasteiger partial charge in [-0.25, -0.2) is 0 Å². The van der Waals surface area contributed by atoms with Crippen LogP contribution in [0.5, 0.6) is 0 Å². The molecule has 0 aromatic rings. The average Bonchev–Trinajstić information content (AvgIpc) is 2.98. The molecule has 1 heterocycles. The Bertz CT molecular complexity index is 377. The second-order valence-corrected chi connectivity index (χ2v) is 6.20. The minimum Gasteiger partial charge on any atom is -0.481 e. The lowest BCUT2D eigenvalue weighted by Crippen LogP contribution is -2.52. The van der Waals surface area contributed by atoms with Crippen LogP contribution in [0.1, 0.15) is 46.0 Å². The molecule has 2 rings (SSSR count). The van der Waals surface area contributed by atoms with E-state index in [0.717, 1.165) is 32.2 Å². The van der Waals surface area contributed by atoms with Gasteiger partial charge in [-0.3, -0.25) is 9.59 Å². The first-order valence-corrected chi connectivity index (χ1v) is 7.20. The highest BCUT2D eigenvalue weighted by atomic mass is 16.4. The molecule has 0 aromatic carbocycles. The fraction of sp³-hybridized carbons (Fsp3) is 0.857. The van der Waals surface area contributed by atoms with Crippen molar-refractivity contribution >= 4 is 11.9 Å². The van der Waals surface area contributed by atoms with E-state index in [4.69, 9.17) is 0 Å². The quantitative estimate of drug-likeness (QED) is 0.714. The zero-order valence-corrected chi connectivity index (χ0v) is 11.8. The van der Waals surface area contributed by atoms with Gasteiger partial charge in [-0.05, 0) is 39.2 Å². The average molecular weight is 268 g/mol. The van der Waals surface area contributed by atoms with Crippen LogP contribution >= 0.6 is 0 Å². The Morgan fingerprint density at radius 1 is 1.42 bits per heavy atom. The van der Waals surface area contributed by atoms with Crippen molar-refractivity contribution in [1.82, 2.24) is 10.6 Å². The molecule has 3 atom stereocenters. The number of nitrogens with one attached hydrogen (secondary N) is 2. The van der Waals surface area contributed by atoms with E-state index in [2.05, 4.69) is 10.6 Å². The van der Waals surface area contributed by atoms with Gasteiger partial charge in [-0.15, -0.1) is 0 Å². The monoisotopic (exact) mass is 268 g/mol. The minimum atomic E-state index is -0.809. The maximum atomic E-state index is 12.5. The molecule has 108 valence electrons. The van der Waals surface area contributed by atoms with Crippen LogP contribution in [0.2, 0.25) is 0 Å². The van der Waals surface area contributed by atoms with Crippen LogP contribution < -0.4 is 10.6 Å². The summed E-state index contributed by atoms with van der Waals surface area (Å²) in [7, 11) is 0. The molecule has 0 radical (unpaired) electrons. The van der Waals surface area contributed by atoms with E-state index < -0.39 is 11.4 Å². The number of rotatable bonds is 4. The number of carboxylic acids is 1. The Labute approximate surface area is 114 Å². The molecule has 1 amide bonds. The van der Waals surface area contributed by atoms with Gasteiger partial charge in [0, 0.05) is 12.6 Å². The molecule has 0 aromatic heterocycles. The molecule has 0 spiro atoms. The largest absolute Gasteiger partial charge is 0.481 e. The summed E-state index contributed by atoms with van der Waals surface area (Å²) < 4.78 is 0. The minimum absolute atomic E-state index is 0.0272. The Morgan fingerprint density at radius 3 is 2.68 bits per heavy atom. The molecule has 5 heteroatoms. The third-order valence-electron chi connectivity index (χ3n) is 5.15. The van der Waals surface area contributed by atoms with Crippen LogP contribution in [0, 0.1) is 10.8 Å². The fourth-order valence-corrected chi connectivity index (χ4v) is 3.36. The predicted octanol–water partition coefficient (Wildman–Crippen LogP) is 1.14. The summed E-state index contributed by atoms with van der Waals surface area (Å²) in [5, 5.41) is 15.6. The van der Waals surface area contributed by atoms with E-state index in [9.17, 15) is 14.7 Å². The molecular weight excluding hydrogens is 244 g/mol. The highest BCUT2D eigenvalue weighted by Gasteiger charge is 2.48. The van der Waals surface area contributed by atoms with Crippen molar-refractivity contribution in [3.63, 3.8) is 0 Å². The van der Waals surface area contributed by atoms with Gasteiger partial charge in [0.2, 0.25) is 5.91 Å². The Morgan fingerprint density at radius 2 is 2.16 bits per heavy atom. The third kappa shape index (κ3) is 2.36. The molecule has 1 aliphatic heterocycles. The van der Waals surface area contributed by atoms with E-state index in [-0.39, 0.29) is 17.4 Å². The number of amides is 1. The van der Waals surface area contributed by atoms with Gasteiger partial charge in [-0.2, -0.15) is 0 Å². The molecule has 1 aliphatic carbocycles. The number of hydrogen-bond donors (Lipinski definition) is 3. The van der Waals surface area contributed by atoms with Gasteiger partial charge < -0.3 is 15.7 Å². The molecule has 1 saturated carbocycles. The van der Waals surface area contributed by atoms with Crippen molar-refractivity contribution in [2.24, 2.45) is 10.8 Å². The van der Waals surface area contributed by atoms with Gasteiger partial charge in [-0.1, -0.05) is 13.3 Å². The molecular formula is C14H24N2O3. The molecule has 3 N–H and O–H groups in total. The van der Waals surface area contributed by atoms with E-state index in [1.807, 2.05) is 6.92 Å². The summed E-state index contributed by atoms with van der Waals surface area (Å²) in [6.07, 6.45) is 3.91. The van der Waals surface area contributed by atoms with Gasteiger partial charge in [0.15, 0.2) is 0 Å². The van der Waals surface area contributed by atoms with E-state index in [1.165, 1.54) is 0 Å². The topological polar surface area (TPSA) is 78.4 Å². The van der Waals surface area contributed by atoms with Crippen molar-refractivity contribution in [1.29, 1.82) is 0 Å². The van der Waals surface area contributed by atoms with Gasteiger partial charge in [0.05, 0.1) is 10.8 Å². The first-order valence-electron chi connectivity index (χ1n) is 7.20. The van der Waals surface area contributed by atoms with Gasteiger partial charge in [0.1, 0.15) is 0 Å². The maximum Gasteiger partial charge on any atom is 0.311 e. The first kappa shape index (κ1) is 14.3. The number of hydrogen-bond acceptors (Lipinski definition) is 3. The number of carbonyl (C=O) groups is 2. The summed E-state index contributed by atoms with van der Waals surface area (Å²) in [5.41, 5.74) is -1.15. The van der Waals surface area contributed by atoms with Gasteiger partial charge >= 0.3 is 5.97 Å². The van der Waals surface area contributed by atoms with Crippen molar-refractivity contribution in [2.75, 3.05) is 13.1 Å². The smallest absolute Gasteiger partial charge is 0.311 e. The number of carboxylic acid groups (broad SMARTS) is 1. The van der Waals surface area contributed by atoms with Crippen LogP contribution in [-0.4, -0.2) is 36.1 Å². The maximum absolute atomic E-state index is 12.5. The predicted molar refractivity (Wildman–Crippen MR) is 71.7 cm³/mol. The third-order valence-corrected chi connectivity index (χ3v) is 5.15. The van der Waals surface area contributed by atoms with Crippen LogP contribution in [0.3, 0.4) is 0 Å². The summed E-state index contributed by atoms with van der Waals surface area (Å²) in [4.78, 5) is 23.9. The second kappa shape index (κ2) is 5.12. The van der Waals surface area contributed by atoms with Crippen molar-refractivity contribution < 1.29 is 14.7 Å². The van der Waals surface area contributed by atoms with Crippen molar-refractivity contribution in [3.8, 4) is 0 Å². The second-order valence-electron chi connectivity index (χ2n) is 6.20. The molecule has 5 nitrogen and oxygen atoms in total. The summed E-state index contributed by atoms with van der Waals surface area (Å²) in [5.74, 6) is -0.773. The standard InChI is InChI=1S/C14H24N2O3/c1-3-14(7-8-15-9-14)11(17)16-10-5-4-6-13(10,2)12(18)19/h10,15H,3-9H2,1-2H3,(H,16,17)(H,18,19). The Kier molecular flexibility index (Phi) is 3.85. The Hall–Kier alpha value is -1.10. The summed E-state index contributed by atoms with van der Waals surface area (Å²) in [6, 6.07) is -0.235. The zero-order valence-electron chi connectivity index (χ0n) is 11.8. The summed E-state index contributed by atoms with van der Waals surface area (Å²) in [6.45, 7) is 5.34. The molecule has 3 unspecified atom stereocenters. The highest BCUT2D eigenvalue weighted by molar-refractivity contribution is 5.85. The molecule has 2 aliphatic rings. The lowest BCUT2D eigenvalue weighted by atomic mass is 9.80. The summed E-state index contributed by atoms with van der Waals surface area (Å²) >= 11 is 0. The lowest BCUT2D eigenvalue weighted by Gasteiger charge is -2.32. The van der Waals surface area contributed by atoms with Crippen molar-refractivity contribution in [3.05, 3.63) is 0 Å². The molecule has 19 heavy (non-hydrogen) atoms. The molecule has 0 bridgehead atoms. The number of carbonyl (C=O) groups excluding carboxylic acids is 1. The Balaban J connectivity index is 2.08. The SMILES string of the molecule is CCC1(C(=O)NC2CCCC2(C)C(=O)O)CCNC1. The van der Waals surface area contributed by atoms with Crippen LogP contribution in [-0.2, 0) is 9.59 Å². The molecule has 2 fully saturated rings. The molecule has 1 saturated heterocycles. The van der Waals surface area contributed by atoms with E-state index in [0.29, 0.717) is 13.0 Å². The van der Waals surface area contributed by atoms with Crippen LogP contribution in [0.15, 0.2) is 0 Å². The van der Waals surface area contributed by atoms with Crippen LogP contribution in [0.4, 0.5) is 0 Å². The normalized spacial score (nSPS) is 38.3. The first-order chi connectivity index (χ1) is 8.94. The van der Waals surface area contributed by atoms with Crippen molar-refractivity contribution in [2.45, 2.75) is 52.0 Å². The lowest BCUT2D eigenvalue weighted by molar-refractivity contribution is -0.149. The van der Waals surface area contributed by atoms with Crippen LogP contribution in [0.25, 0.3) is 0 Å². The van der Waals surface area contributed by atoms with E-state index >= 15 is 0 Å². The van der Waals surface area contributed by atoms with Gasteiger partial charge in [0.25, 0.3) is 0 Å². The highest BCUT2D eigenvalue weighted by Crippen LogP contribution is 2.39. The fourth-order valence-electron chi connectivity index (χ4n) is 3.36.